The topological polar surface area (TPSA) is 42.4 Å². The second kappa shape index (κ2) is 8.71. The molecule has 4 nitrogen and oxygen atoms in total. The maximum Gasteiger partial charge on any atom is 0.273 e. The zero-order valence-electron chi connectivity index (χ0n) is 15.8. The second-order valence-electron chi connectivity index (χ2n) is 6.60. The third-order valence-corrected chi connectivity index (χ3v) is 5.44. The molecule has 0 bridgehead atoms. The molecule has 3 aromatic rings. The van der Waals surface area contributed by atoms with Gasteiger partial charge >= 0.3 is 0 Å². The molecule has 0 spiro atoms. The Morgan fingerprint density at radius 2 is 1.96 bits per heavy atom. The van der Waals surface area contributed by atoms with Crippen LogP contribution in [0, 0.1) is 5.82 Å². The van der Waals surface area contributed by atoms with Gasteiger partial charge in [0.15, 0.2) is 0 Å². The molecule has 0 N–H and O–H groups in total. The molecule has 0 aliphatic heterocycles. The lowest BCUT2D eigenvalue weighted by Crippen LogP contribution is -2.33. The first kappa shape index (κ1) is 20.3. The van der Waals surface area contributed by atoms with E-state index in [4.69, 9.17) is 16.3 Å². The summed E-state index contributed by atoms with van der Waals surface area (Å²) in [5, 5.41) is 2.77. The van der Waals surface area contributed by atoms with Crippen molar-refractivity contribution in [2.45, 2.75) is 26.5 Å². The number of hydrogen-bond donors (Lipinski definition) is 0. The molecule has 2 aromatic carbocycles. The smallest absolute Gasteiger partial charge is 0.273 e. The van der Waals surface area contributed by atoms with Crippen LogP contribution in [0.4, 0.5) is 4.39 Å². The molecule has 0 unspecified atom stereocenters. The molecule has 146 valence electrons. The predicted molar refractivity (Wildman–Crippen MR) is 111 cm³/mol. The van der Waals surface area contributed by atoms with Crippen molar-refractivity contribution in [3.05, 3.63) is 69.9 Å². The van der Waals surface area contributed by atoms with E-state index in [0.717, 1.165) is 5.56 Å². The number of carbonyl (C=O) groups excluding carboxylic acids is 1. The van der Waals surface area contributed by atoms with E-state index < -0.39 is 5.82 Å². The lowest BCUT2D eigenvalue weighted by molar-refractivity contribution is 0.0750. The highest BCUT2D eigenvalue weighted by Gasteiger charge is 2.19. The fraction of sp³-hybridized carbons (Fsp3) is 0.238. The quantitative estimate of drug-likeness (QED) is 0.518. The van der Waals surface area contributed by atoms with Gasteiger partial charge in [-0.25, -0.2) is 9.37 Å². The van der Waals surface area contributed by atoms with Crippen LogP contribution in [0.15, 0.2) is 47.8 Å². The third kappa shape index (κ3) is 4.69. The van der Waals surface area contributed by atoms with E-state index in [9.17, 15) is 9.18 Å². The van der Waals surface area contributed by atoms with Crippen molar-refractivity contribution in [1.82, 2.24) is 9.88 Å². The summed E-state index contributed by atoms with van der Waals surface area (Å²) in [5.41, 5.74) is 1.60. The maximum atomic E-state index is 14.6. The molecule has 0 fully saturated rings. The normalized spacial score (nSPS) is 10.9. The van der Waals surface area contributed by atoms with E-state index in [1.165, 1.54) is 17.4 Å². The molecular formula is C21H20ClFN2O2S. The van der Waals surface area contributed by atoms with E-state index in [-0.39, 0.29) is 11.9 Å². The van der Waals surface area contributed by atoms with E-state index in [1.807, 2.05) is 26.0 Å². The Hall–Kier alpha value is -2.44. The predicted octanol–water partition coefficient (Wildman–Crippen LogP) is 5.66. The standard InChI is InChI=1S/C21H20ClFN2O2S/c1-13(2)25(3)21(26)19-12-28-20(24-19)17-9-8-16(10-18(17)23)27-11-14-4-6-15(22)7-5-14/h4-10,12-13H,11H2,1-3H3. The Morgan fingerprint density at radius 3 is 2.61 bits per heavy atom. The fourth-order valence-electron chi connectivity index (χ4n) is 2.42. The SMILES string of the molecule is CC(C)N(C)C(=O)c1csc(-c2ccc(OCc3ccc(Cl)cc3)cc2F)n1. The van der Waals surface area contributed by atoms with Gasteiger partial charge in [0.05, 0.1) is 0 Å². The molecule has 0 radical (unpaired) electrons. The number of aromatic nitrogens is 1. The number of hydrogen-bond acceptors (Lipinski definition) is 4. The average Bonchev–Trinajstić information content (AvgIpc) is 3.16. The van der Waals surface area contributed by atoms with Crippen molar-refractivity contribution in [1.29, 1.82) is 0 Å². The van der Waals surface area contributed by atoms with Crippen LogP contribution >= 0.6 is 22.9 Å². The van der Waals surface area contributed by atoms with Crippen LogP contribution < -0.4 is 4.74 Å². The van der Waals surface area contributed by atoms with Crippen LogP contribution in [-0.4, -0.2) is 28.9 Å². The molecule has 1 heterocycles. The highest BCUT2D eigenvalue weighted by Crippen LogP contribution is 2.29. The molecule has 0 aliphatic carbocycles. The van der Waals surface area contributed by atoms with Gasteiger partial charge in [-0.3, -0.25) is 4.79 Å². The summed E-state index contributed by atoms with van der Waals surface area (Å²) in [6, 6.07) is 12.0. The molecule has 0 aliphatic rings. The largest absolute Gasteiger partial charge is 0.489 e. The van der Waals surface area contributed by atoms with Crippen molar-refractivity contribution in [2.24, 2.45) is 0 Å². The van der Waals surface area contributed by atoms with Crippen molar-refractivity contribution >= 4 is 28.8 Å². The zero-order valence-corrected chi connectivity index (χ0v) is 17.4. The molecule has 1 aromatic heterocycles. The Morgan fingerprint density at radius 1 is 1.25 bits per heavy atom. The Labute approximate surface area is 172 Å². The van der Waals surface area contributed by atoms with Gasteiger partial charge in [-0.05, 0) is 43.7 Å². The number of benzene rings is 2. The van der Waals surface area contributed by atoms with Crippen LogP contribution in [0.3, 0.4) is 0 Å². The minimum atomic E-state index is -0.445. The van der Waals surface area contributed by atoms with Crippen LogP contribution in [-0.2, 0) is 6.61 Å². The van der Waals surface area contributed by atoms with Gasteiger partial charge in [-0.2, -0.15) is 0 Å². The van der Waals surface area contributed by atoms with Gasteiger partial charge in [0.1, 0.15) is 28.9 Å². The van der Waals surface area contributed by atoms with Gasteiger partial charge in [0.2, 0.25) is 0 Å². The van der Waals surface area contributed by atoms with Crippen molar-refractivity contribution < 1.29 is 13.9 Å². The van der Waals surface area contributed by atoms with Crippen molar-refractivity contribution in [3.63, 3.8) is 0 Å². The number of nitrogens with zero attached hydrogens (tertiary/aromatic N) is 2. The fourth-order valence-corrected chi connectivity index (χ4v) is 3.36. The first-order chi connectivity index (χ1) is 13.3. The molecule has 0 saturated heterocycles. The number of thiazole rings is 1. The second-order valence-corrected chi connectivity index (χ2v) is 7.90. The summed E-state index contributed by atoms with van der Waals surface area (Å²) in [4.78, 5) is 18.3. The van der Waals surface area contributed by atoms with Crippen LogP contribution in [0.5, 0.6) is 5.75 Å². The number of halogens is 2. The van der Waals surface area contributed by atoms with Crippen molar-refractivity contribution in [2.75, 3.05) is 7.05 Å². The average molecular weight is 419 g/mol. The first-order valence-corrected chi connectivity index (χ1v) is 10.0. The molecule has 28 heavy (non-hydrogen) atoms. The lowest BCUT2D eigenvalue weighted by Gasteiger charge is -2.20. The minimum Gasteiger partial charge on any atom is -0.489 e. The van der Waals surface area contributed by atoms with Gasteiger partial charge in [-0.1, -0.05) is 23.7 Å². The first-order valence-electron chi connectivity index (χ1n) is 8.75. The summed E-state index contributed by atoms with van der Waals surface area (Å²) in [6.45, 7) is 4.16. The van der Waals surface area contributed by atoms with E-state index in [0.29, 0.717) is 33.6 Å². The monoisotopic (exact) mass is 418 g/mol. The Kier molecular flexibility index (Phi) is 6.31. The van der Waals surface area contributed by atoms with Crippen molar-refractivity contribution in [3.8, 4) is 16.3 Å². The van der Waals surface area contributed by atoms with E-state index >= 15 is 0 Å². The molecule has 0 saturated carbocycles. The number of rotatable bonds is 6. The van der Waals surface area contributed by atoms with E-state index in [1.54, 1.807) is 41.6 Å². The summed E-state index contributed by atoms with van der Waals surface area (Å²) in [5.74, 6) is -0.205. The summed E-state index contributed by atoms with van der Waals surface area (Å²) >= 11 is 7.10. The summed E-state index contributed by atoms with van der Waals surface area (Å²) in [6.07, 6.45) is 0. The van der Waals surface area contributed by atoms with Gasteiger partial charge < -0.3 is 9.64 Å². The zero-order chi connectivity index (χ0) is 20.3. The van der Waals surface area contributed by atoms with E-state index in [2.05, 4.69) is 4.98 Å². The molecule has 7 heteroatoms. The van der Waals surface area contributed by atoms with Gasteiger partial charge in [0.25, 0.3) is 5.91 Å². The lowest BCUT2D eigenvalue weighted by atomic mass is 10.2. The minimum absolute atomic E-state index is 0.0615. The number of amides is 1. The van der Waals surface area contributed by atoms with Crippen LogP contribution in [0.25, 0.3) is 10.6 Å². The van der Waals surface area contributed by atoms with Crippen LogP contribution in [0.2, 0.25) is 5.02 Å². The third-order valence-electron chi connectivity index (χ3n) is 4.31. The summed E-state index contributed by atoms with van der Waals surface area (Å²) < 4.78 is 20.2. The highest BCUT2D eigenvalue weighted by molar-refractivity contribution is 7.13. The Balaban J connectivity index is 1.72. The van der Waals surface area contributed by atoms with Gasteiger partial charge in [0, 0.05) is 35.1 Å². The number of carbonyl (C=O) groups is 1. The maximum absolute atomic E-state index is 14.6. The Bertz CT molecular complexity index is 973. The molecule has 0 atom stereocenters. The summed E-state index contributed by atoms with van der Waals surface area (Å²) in [7, 11) is 1.72. The molecule has 1 amide bonds. The molecule has 3 rings (SSSR count). The number of ether oxygens (including phenoxy) is 1. The molecular weight excluding hydrogens is 399 g/mol. The van der Waals surface area contributed by atoms with Crippen LogP contribution in [0.1, 0.15) is 29.9 Å². The highest BCUT2D eigenvalue weighted by atomic mass is 35.5. The van der Waals surface area contributed by atoms with Gasteiger partial charge in [-0.15, -0.1) is 11.3 Å².